The smallest absolute Gasteiger partial charge is 0.159 e. The Balaban J connectivity index is 2.62. The van der Waals surface area contributed by atoms with Crippen LogP contribution < -0.4 is 0 Å². The predicted octanol–water partition coefficient (Wildman–Crippen LogP) is 3.38. The fourth-order valence-corrected chi connectivity index (χ4v) is 1.72. The van der Waals surface area contributed by atoms with Crippen molar-refractivity contribution in [2.45, 2.75) is 27.7 Å². The summed E-state index contributed by atoms with van der Waals surface area (Å²) in [6.07, 6.45) is 0. The van der Waals surface area contributed by atoms with E-state index in [1.807, 2.05) is 26.0 Å². The average Bonchev–Trinajstić information content (AvgIpc) is 2.26. The highest BCUT2D eigenvalue weighted by atomic mass is 14.9. The molecule has 82 valence electrons. The lowest BCUT2D eigenvalue weighted by Crippen LogP contribution is -1.99. The van der Waals surface area contributed by atoms with Gasteiger partial charge in [-0.15, -0.1) is 0 Å². The molecule has 2 nitrogen and oxygen atoms in total. The van der Waals surface area contributed by atoms with Crippen molar-refractivity contribution < 1.29 is 0 Å². The van der Waals surface area contributed by atoms with Gasteiger partial charge in [-0.1, -0.05) is 24.3 Å². The third-order valence-corrected chi connectivity index (χ3v) is 3.02. The number of hydrogen-bond acceptors (Lipinski definition) is 2. The van der Waals surface area contributed by atoms with Crippen LogP contribution in [0.15, 0.2) is 24.3 Å². The Hall–Kier alpha value is -1.70. The van der Waals surface area contributed by atoms with Crippen molar-refractivity contribution in [2.75, 3.05) is 0 Å². The summed E-state index contributed by atoms with van der Waals surface area (Å²) in [6, 6.07) is 8.21. The van der Waals surface area contributed by atoms with Crippen molar-refractivity contribution in [2.24, 2.45) is 0 Å². The summed E-state index contributed by atoms with van der Waals surface area (Å²) in [5.41, 5.74) is 5.63. The summed E-state index contributed by atoms with van der Waals surface area (Å²) < 4.78 is 0. The zero-order chi connectivity index (χ0) is 11.7. The van der Waals surface area contributed by atoms with Crippen molar-refractivity contribution in [1.82, 2.24) is 9.97 Å². The minimum absolute atomic E-state index is 0.832. The van der Waals surface area contributed by atoms with Gasteiger partial charge in [-0.25, -0.2) is 9.97 Å². The second-order valence-electron chi connectivity index (χ2n) is 4.16. The number of hydrogen-bond donors (Lipinski definition) is 0. The van der Waals surface area contributed by atoms with E-state index in [0.717, 1.165) is 22.8 Å². The maximum atomic E-state index is 4.55. The van der Waals surface area contributed by atoms with E-state index in [4.69, 9.17) is 0 Å². The van der Waals surface area contributed by atoms with Gasteiger partial charge in [0.1, 0.15) is 0 Å². The number of nitrogens with zero attached hydrogens (tertiary/aromatic N) is 2. The molecule has 1 aromatic carbocycles. The molecule has 2 rings (SSSR count). The van der Waals surface area contributed by atoms with E-state index in [0.29, 0.717) is 0 Å². The van der Waals surface area contributed by atoms with Crippen LogP contribution >= 0.6 is 0 Å². The Labute approximate surface area is 96.4 Å². The quantitative estimate of drug-likeness (QED) is 0.724. The standard InChI is InChI=1S/C14H16N2/c1-9-7-5-6-8-13(9)14-15-11(3)10(2)12(4)16-14/h5-8H,1-4H3. The second kappa shape index (κ2) is 4.05. The van der Waals surface area contributed by atoms with Crippen LogP contribution in [-0.2, 0) is 0 Å². The zero-order valence-corrected chi connectivity index (χ0v) is 10.2. The van der Waals surface area contributed by atoms with Crippen LogP contribution in [0, 0.1) is 27.7 Å². The fourth-order valence-electron chi connectivity index (χ4n) is 1.72. The first kappa shape index (κ1) is 10.8. The summed E-state index contributed by atoms with van der Waals surface area (Å²) in [5, 5.41) is 0. The molecule has 0 amide bonds. The highest BCUT2D eigenvalue weighted by Crippen LogP contribution is 2.21. The lowest BCUT2D eigenvalue weighted by molar-refractivity contribution is 1.02. The molecular formula is C14H16N2. The van der Waals surface area contributed by atoms with E-state index in [1.54, 1.807) is 0 Å². The van der Waals surface area contributed by atoms with Gasteiger partial charge < -0.3 is 0 Å². The minimum Gasteiger partial charge on any atom is -0.233 e. The fraction of sp³-hybridized carbons (Fsp3) is 0.286. The molecule has 1 heterocycles. The number of aromatic nitrogens is 2. The first-order chi connectivity index (χ1) is 7.59. The molecule has 0 saturated carbocycles. The van der Waals surface area contributed by atoms with Gasteiger partial charge in [0.25, 0.3) is 0 Å². The lowest BCUT2D eigenvalue weighted by atomic mass is 10.1. The van der Waals surface area contributed by atoms with Crippen molar-refractivity contribution in [3.8, 4) is 11.4 Å². The van der Waals surface area contributed by atoms with Gasteiger partial charge in [-0.3, -0.25) is 0 Å². The Morgan fingerprint density at radius 1 is 0.812 bits per heavy atom. The average molecular weight is 212 g/mol. The van der Waals surface area contributed by atoms with Gasteiger partial charge in [0, 0.05) is 17.0 Å². The molecule has 0 spiro atoms. The molecule has 2 heteroatoms. The number of aryl methyl sites for hydroxylation is 3. The SMILES string of the molecule is Cc1ccccc1-c1nc(C)c(C)c(C)n1. The molecule has 1 aromatic heterocycles. The molecule has 0 bridgehead atoms. The summed E-state index contributed by atoms with van der Waals surface area (Å²) in [6.45, 7) is 8.22. The third-order valence-electron chi connectivity index (χ3n) is 3.02. The predicted molar refractivity (Wildman–Crippen MR) is 66.4 cm³/mol. The molecule has 0 N–H and O–H groups in total. The Morgan fingerprint density at radius 2 is 1.38 bits per heavy atom. The summed E-state index contributed by atoms with van der Waals surface area (Å²) in [5.74, 6) is 0.832. The first-order valence-corrected chi connectivity index (χ1v) is 5.47. The normalized spacial score (nSPS) is 10.5. The van der Waals surface area contributed by atoms with Crippen molar-refractivity contribution in [3.63, 3.8) is 0 Å². The molecule has 16 heavy (non-hydrogen) atoms. The first-order valence-electron chi connectivity index (χ1n) is 5.47. The summed E-state index contributed by atoms with van der Waals surface area (Å²) in [4.78, 5) is 9.11. The van der Waals surface area contributed by atoms with E-state index in [-0.39, 0.29) is 0 Å². The van der Waals surface area contributed by atoms with E-state index < -0.39 is 0 Å². The van der Waals surface area contributed by atoms with E-state index in [1.165, 1.54) is 11.1 Å². The van der Waals surface area contributed by atoms with Gasteiger partial charge in [0.05, 0.1) is 0 Å². The lowest BCUT2D eigenvalue weighted by Gasteiger charge is -2.08. The molecule has 0 radical (unpaired) electrons. The van der Waals surface area contributed by atoms with Crippen LogP contribution in [0.2, 0.25) is 0 Å². The zero-order valence-electron chi connectivity index (χ0n) is 10.2. The van der Waals surface area contributed by atoms with Gasteiger partial charge >= 0.3 is 0 Å². The number of rotatable bonds is 1. The minimum atomic E-state index is 0.832. The van der Waals surface area contributed by atoms with Crippen LogP contribution in [0.4, 0.5) is 0 Å². The van der Waals surface area contributed by atoms with E-state index in [9.17, 15) is 0 Å². The third kappa shape index (κ3) is 1.83. The highest BCUT2D eigenvalue weighted by molar-refractivity contribution is 5.60. The van der Waals surface area contributed by atoms with Crippen molar-refractivity contribution in [1.29, 1.82) is 0 Å². The highest BCUT2D eigenvalue weighted by Gasteiger charge is 2.08. The van der Waals surface area contributed by atoms with E-state index >= 15 is 0 Å². The Kier molecular flexibility index (Phi) is 2.73. The van der Waals surface area contributed by atoms with Crippen LogP contribution in [-0.4, -0.2) is 9.97 Å². The topological polar surface area (TPSA) is 25.8 Å². The summed E-state index contributed by atoms with van der Waals surface area (Å²) >= 11 is 0. The largest absolute Gasteiger partial charge is 0.233 e. The van der Waals surface area contributed by atoms with Crippen LogP contribution in [0.5, 0.6) is 0 Å². The van der Waals surface area contributed by atoms with Gasteiger partial charge in [0.15, 0.2) is 5.82 Å². The second-order valence-corrected chi connectivity index (χ2v) is 4.16. The Bertz CT molecular complexity index is 507. The molecule has 0 atom stereocenters. The van der Waals surface area contributed by atoms with Crippen molar-refractivity contribution >= 4 is 0 Å². The summed E-state index contributed by atoms with van der Waals surface area (Å²) in [7, 11) is 0. The van der Waals surface area contributed by atoms with Gasteiger partial charge in [-0.05, 0) is 38.8 Å². The van der Waals surface area contributed by atoms with Gasteiger partial charge in [0.2, 0.25) is 0 Å². The number of benzene rings is 1. The maximum Gasteiger partial charge on any atom is 0.159 e. The van der Waals surface area contributed by atoms with Crippen LogP contribution in [0.1, 0.15) is 22.5 Å². The van der Waals surface area contributed by atoms with Crippen LogP contribution in [0.3, 0.4) is 0 Å². The molecule has 0 unspecified atom stereocenters. The molecule has 0 aliphatic carbocycles. The Morgan fingerprint density at radius 3 is 1.94 bits per heavy atom. The van der Waals surface area contributed by atoms with Crippen LogP contribution in [0.25, 0.3) is 11.4 Å². The van der Waals surface area contributed by atoms with E-state index in [2.05, 4.69) is 35.9 Å². The van der Waals surface area contributed by atoms with Gasteiger partial charge in [-0.2, -0.15) is 0 Å². The molecule has 0 aliphatic heterocycles. The molecular weight excluding hydrogens is 196 g/mol. The van der Waals surface area contributed by atoms with Crippen molar-refractivity contribution in [3.05, 3.63) is 46.8 Å². The monoisotopic (exact) mass is 212 g/mol. The maximum absolute atomic E-state index is 4.55. The molecule has 0 aliphatic rings. The molecule has 0 saturated heterocycles. The molecule has 2 aromatic rings. The molecule has 0 fully saturated rings.